The van der Waals surface area contributed by atoms with Crippen molar-refractivity contribution in [3.05, 3.63) is 58.1 Å². The molecule has 3 rings (SSSR count). The molecule has 3 aromatic rings. The maximum absolute atomic E-state index is 12.4. The maximum Gasteiger partial charge on any atom is 0.319 e. The van der Waals surface area contributed by atoms with Gasteiger partial charge in [-0.1, -0.05) is 59.2 Å². The molecule has 1 N–H and O–H groups in total. The van der Waals surface area contributed by atoms with Gasteiger partial charge in [0.1, 0.15) is 5.25 Å². The third-order valence-electron chi connectivity index (χ3n) is 3.61. The number of ether oxygens (including phenoxy) is 1. The third kappa shape index (κ3) is 4.29. The second kappa shape index (κ2) is 8.13. The summed E-state index contributed by atoms with van der Waals surface area (Å²) in [6.07, 6.45) is 0.403. The fourth-order valence-corrected chi connectivity index (χ4v) is 3.85. The number of nitrogens with one attached hydrogen (secondary N) is 1. The van der Waals surface area contributed by atoms with Gasteiger partial charge in [-0.3, -0.25) is 4.79 Å². The van der Waals surface area contributed by atoms with E-state index in [0.29, 0.717) is 28.2 Å². The van der Waals surface area contributed by atoms with Crippen molar-refractivity contribution >= 4 is 52.0 Å². The van der Waals surface area contributed by atoms with Crippen LogP contribution in [-0.4, -0.2) is 27.8 Å². The van der Waals surface area contributed by atoms with Gasteiger partial charge in [-0.2, -0.15) is 0 Å². The van der Waals surface area contributed by atoms with Crippen molar-refractivity contribution in [2.45, 2.75) is 23.8 Å². The first-order chi connectivity index (χ1) is 12.1. The lowest BCUT2D eigenvalue weighted by molar-refractivity contribution is -0.142. The molecule has 2 aromatic carbocycles. The highest BCUT2D eigenvalue weighted by Gasteiger charge is 2.24. The molecule has 0 radical (unpaired) electrons. The van der Waals surface area contributed by atoms with Gasteiger partial charge in [0.2, 0.25) is 0 Å². The topological polar surface area (TPSA) is 55.0 Å². The SMILES string of the molecule is CCOC(=O)[C@@H](Cc1cccc(Cl)c1Cl)Sc1nc2ccccc2[nH]1. The van der Waals surface area contributed by atoms with Crippen molar-refractivity contribution in [1.29, 1.82) is 0 Å². The van der Waals surface area contributed by atoms with Gasteiger partial charge in [-0.05, 0) is 37.1 Å². The van der Waals surface area contributed by atoms with Crippen LogP contribution in [0.3, 0.4) is 0 Å². The summed E-state index contributed by atoms with van der Waals surface area (Å²) in [6.45, 7) is 2.10. The lowest BCUT2D eigenvalue weighted by atomic mass is 10.1. The Morgan fingerprint density at radius 2 is 2.04 bits per heavy atom. The molecule has 130 valence electrons. The van der Waals surface area contributed by atoms with E-state index in [4.69, 9.17) is 27.9 Å². The van der Waals surface area contributed by atoms with Crippen LogP contribution in [0.15, 0.2) is 47.6 Å². The molecule has 0 spiro atoms. The quantitative estimate of drug-likeness (QED) is 0.464. The van der Waals surface area contributed by atoms with Crippen LogP contribution in [0.25, 0.3) is 11.0 Å². The van der Waals surface area contributed by atoms with Gasteiger partial charge < -0.3 is 9.72 Å². The Bertz CT molecular complexity index is 865. The maximum atomic E-state index is 12.4. The number of hydrogen-bond donors (Lipinski definition) is 1. The summed E-state index contributed by atoms with van der Waals surface area (Å²) in [5.74, 6) is -0.302. The van der Waals surface area contributed by atoms with Crippen LogP contribution < -0.4 is 0 Å². The molecule has 0 aliphatic rings. The Balaban J connectivity index is 1.86. The van der Waals surface area contributed by atoms with Gasteiger partial charge in [0.15, 0.2) is 5.16 Å². The molecule has 7 heteroatoms. The molecule has 0 saturated carbocycles. The number of benzene rings is 2. The summed E-state index contributed by atoms with van der Waals surface area (Å²) >= 11 is 13.7. The summed E-state index contributed by atoms with van der Waals surface area (Å²) in [5.41, 5.74) is 2.58. The second-order valence-corrected chi connectivity index (χ2v) is 7.31. The zero-order valence-corrected chi connectivity index (χ0v) is 15.8. The van der Waals surface area contributed by atoms with E-state index < -0.39 is 5.25 Å². The number of esters is 1. The minimum atomic E-state index is -0.475. The average Bonchev–Trinajstić information content (AvgIpc) is 3.01. The lowest BCUT2D eigenvalue weighted by Crippen LogP contribution is -2.23. The number of aromatic amines is 1. The fraction of sp³-hybridized carbons (Fsp3) is 0.222. The van der Waals surface area contributed by atoms with Crippen molar-refractivity contribution in [1.82, 2.24) is 9.97 Å². The number of carbonyl (C=O) groups is 1. The molecule has 0 fully saturated rings. The van der Waals surface area contributed by atoms with E-state index in [1.807, 2.05) is 36.4 Å². The normalized spacial score (nSPS) is 12.3. The Morgan fingerprint density at radius 1 is 1.24 bits per heavy atom. The molecule has 1 aromatic heterocycles. The minimum absolute atomic E-state index is 0.302. The van der Waals surface area contributed by atoms with Crippen LogP contribution in [-0.2, 0) is 16.0 Å². The molecule has 4 nitrogen and oxygen atoms in total. The number of halogens is 2. The highest BCUT2D eigenvalue weighted by atomic mass is 35.5. The van der Waals surface area contributed by atoms with Crippen molar-refractivity contribution in [2.24, 2.45) is 0 Å². The number of hydrogen-bond acceptors (Lipinski definition) is 4. The Hall–Kier alpha value is -1.69. The smallest absolute Gasteiger partial charge is 0.319 e. The predicted molar refractivity (Wildman–Crippen MR) is 103 cm³/mol. The van der Waals surface area contributed by atoms with Crippen LogP contribution in [0, 0.1) is 0 Å². The number of fused-ring (bicyclic) bond motifs is 1. The molecule has 1 heterocycles. The number of H-pyrrole nitrogens is 1. The number of imidazole rings is 1. The minimum Gasteiger partial charge on any atom is -0.465 e. The van der Waals surface area contributed by atoms with Crippen molar-refractivity contribution in [2.75, 3.05) is 6.61 Å². The van der Waals surface area contributed by atoms with Crippen molar-refractivity contribution < 1.29 is 9.53 Å². The summed E-state index contributed by atoms with van der Waals surface area (Å²) in [5, 5.41) is 1.12. The zero-order chi connectivity index (χ0) is 17.8. The van der Waals surface area contributed by atoms with Crippen LogP contribution in [0.2, 0.25) is 10.0 Å². The number of thioether (sulfide) groups is 1. The molecular formula is C18H16Cl2N2O2S. The Morgan fingerprint density at radius 3 is 2.80 bits per heavy atom. The van der Waals surface area contributed by atoms with Crippen molar-refractivity contribution in [3.63, 3.8) is 0 Å². The molecule has 0 bridgehead atoms. The van der Waals surface area contributed by atoms with E-state index >= 15 is 0 Å². The lowest BCUT2D eigenvalue weighted by Gasteiger charge is -2.15. The molecule has 0 amide bonds. The second-order valence-electron chi connectivity index (χ2n) is 5.33. The number of para-hydroxylation sites is 2. The largest absolute Gasteiger partial charge is 0.465 e. The average molecular weight is 395 g/mol. The fourth-order valence-electron chi connectivity index (χ4n) is 2.43. The first-order valence-electron chi connectivity index (χ1n) is 7.79. The summed E-state index contributed by atoms with van der Waals surface area (Å²) < 4.78 is 5.22. The number of nitrogens with zero attached hydrogens (tertiary/aromatic N) is 1. The Kier molecular flexibility index (Phi) is 5.89. The first kappa shape index (κ1) is 18.1. The number of aromatic nitrogens is 2. The highest BCUT2D eigenvalue weighted by molar-refractivity contribution is 8.00. The van der Waals surface area contributed by atoms with Crippen LogP contribution in [0.5, 0.6) is 0 Å². The zero-order valence-electron chi connectivity index (χ0n) is 13.5. The van der Waals surface area contributed by atoms with Crippen LogP contribution >= 0.6 is 35.0 Å². The predicted octanol–water partition coefficient (Wildman–Crippen LogP) is 5.14. The van der Waals surface area contributed by atoms with E-state index in [2.05, 4.69) is 9.97 Å². The molecular weight excluding hydrogens is 379 g/mol. The standard InChI is InChI=1S/C18H16Cl2N2O2S/c1-2-24-17(23)15(10-11-6-5-7-12(19)16(11)20)25-18-21-13-8-3-4-9-14(13)22-18/h3-9,15H,2,10H2,1H3,(H,21,22)/t15-/m1/s1. The van der Waals surface area contributed by atoms with Gasteiger partial charge in [-0.25, -0.2) is 4.98 Å². The number of carbonyl (C=O) groups excluding carboxylic acids is 1. The first-order valence-corrected chi connectivity index (χ1v) is 9.43. The van der Waals surface area contributed by atoms with E-state index in [1.165, 1.54) is 11.8 Å². The van der Waals surface area contributed by atoms with Crippen molar-refractivity contribution in [3.8, 4) is 0 Å². The summed E-state index contributed by atoms with van der Waals surface area (Å²) in [4.78, 5) is 20.1. The van der Waals surface area contributed by atoms with Gasteiger partial charge >= 0.3 is 5.97 Å². The van der Waals surface area contributed by atoms with Crippen LogP contribution in [0.1, 0.15) is 12.5 Å². The van der Waals surface area contributed by atoms with E-state index in [0.717, 1.165) is 16.6 Å². The monoisotopic (exact) mass is 394 g/mol. The van der Waals surface area contributed by atoms with E-state index in [-0.39, 0.29) is 5.97 Å². The summed E-state index contributed by atoms with van der Waals surface area (Å²) in [7, 11) is 0. The van der Waals surface area contributed by atoms with Gasteiger partial charge in [0.05, 0.1) is 27.7 Å². The molecule has 25 heavy (non-hydrogen) atoms. The molecule has 0 aliphatic carbocycles. The van der Waals surface area contributed by atoms with E-state index in [9.17, 15) is 4.79 Å². The summed E-state index contributed by atoms with van der Waals surface area (Å²) in [6, 6.07) is 13.1. The highest BCUT2D eigenvalue weighted by Crippen LogP contribution is 2.31. The Labute approximate surface area is 159 Å². The molecule has 0 aliphatic heterocycles. The van der Waals surface area contributed by atoms with Gasteiger partial charge in [0.25, 0.3) is 0 Å². The molecule has 0 saturated heterocycles. The van der Waals surface area contributed by atoms with Crippen LogP contribution in [0.4, 0.5) is 0 Å². The molecule has 1 atom stereocenters. The molecule has 0 unspecified atom stereocenters. The number of rotatable bonds is 6. The van der Waals surface area contributed by atoms with Gasteiger partial charge in [0, 0.05) is 0 Å². The third-order valence-corrected chi connectivity index (χ3v) is 5.53. The van der Waals surface area contributed by atoms with Gasteiger partial charge in [-0.15, -0.1) is 0 Å². The van der Waals surface area contributed by atoms with E-state index in [1.54, 1.807) is 13.0 Å².